The van der Waals surface area contributed by atoms with E-state index in [1.165, 1.54) is 19.1 Å². The third-order valence-corrected chi connectivity index (χ3v) is 2.87. The molecular weight excluding hydrogens is 268 g/mol. The van der Waals surface area contributed by atoms with Gasteiger partial charge in [0.1, 0.15) is 0 Å². The molecule has 1 aromatic carbocycles. The van der Waals surface area contributed by atoms with Crippen molar-refractivity contribution in [2.75, 3.05) is 11.4 Å². The molecule has 5 heteroatoms. The number of hydrogen-bond donors (Lipinski definition) is 0. The first-order chi connectivity index (χ1) is 6.92. The summed E-state index contributed by atoms with van der Waals surface area (Å²) in [5.41, 5.74) is 0.211. The second kappa shape index (κ2) is 3.27. The van der Waals surface area contributed by atoms with Crippen molar-refractivity contribution in [3.63, 3.8) is 0 Å². The monoisotopic (exact) mass is 275 g/mol. The summed E-state index contributed by atoms with van der Waals surface area (Å²) in [7, 11) is 0. The van der Waals surface area contributed by atoms with E-state index in [1.54, 1.807) is 6.07 Å². The van der Waals surface area contributed by atoms with E-state index in [4.69, 9.17) is 0 Å². The average molecular weight is 276 g/mol. The van der Waals surface area contributed by atoms with Gasteiger partial charge in [-0.25, -0.2) is 0 Å². The van der Waals surface area contributed by atoms with Crippen LogP contribution in [0.5, 0.6) is 0 Å². The number of anilines is 1. The largest absolute Gasteiger partial charge is 0.306 e. The van der Waals surface area contributed by atoms with Gasteiger partial charge in [-0.1, -0.05) is 15.9 Å². The van der Waals surface area contributed by atoms with E-state index in [0.29, 0.717) is 10.2 Å². The summed E-state index contributed by atoms with van der Waals surface area (Å²) in [5, 5.41) is 0. The second-order valence-corrected chi connectivity index (χ2v) is 4.39. The molecule has 0 saturated carbocycles. The summed E-state index contributed by atoms with van der Waals surface area (Å²) in [6, 6.07) is 4.54. The SMILES string of the molecule is CC(=O)N1CC(F)(F)c2cc(Br)ccc21. The van der Waals surface area contributed by atoms with Gasteiger partial charge in [0.05, 0.1) is 12.2 Å². The van der Waals surface area contributed by atoms with Crippen LogP contribution in [0.2, 0.25) is 0 Å². The number of amides is 1. The fourth-order valence-corrected chi connectivity index (χ4v) is 2.05. The highest BCUT2D eigenvalue weighted by Crippen LogP contribution is 2.44. The predicted octanol–water partition coefficient (Wildman–Crippen LogP) is 2.91. The van der Waals surface area contributed by atoms with Crippen LogP contribution in [0, 0.1) is 0 Å². The maximum atomic E-state index is 13.5. The summed E-state index contributed by atoms with van der Waals surface area (Å²) < 4.78 is 27.6. The van der Waals surface area contributed by atoms with Gasteiger partial charge in [0.15, 0.2) is 0 Å². The van der Waals surface area contributed by atoms with Gasteiger partial charge in [-0.2, -0.15) is 8.78 Å². The van der Waals surface area contributed by atoms with Crippen LogP contribution in [-0.2, 0) is 10.7 Å². The van der Waals surface area contributed by atoms with Crippen LogP contribution in [0.1, 0.15) is 12.5 Å². The lowest BCUT2D eigenvalue weighted by molar-refractivity contribution is -0.117. The molecular formula is C10H8BrF2NO. The number of alkyl halides is 2. The van der Waals surface area contributed by atoms with E-state index in [2.05, 4.69) is 15.9 Å². The molecule has 15 heavy (non-hydrogen) atoms. The Bertz CT molecular complexity index is 433. The molecule has 1 aromatic rings. The molecule has 0 spiro atoms. The van der Waals surface area contributed by atoms with Crippen LogP contribution in [0.3, 0.4) is 0 Å². The predicted molar refractivity (Wildman–Crippen MR) is 56.1 cm³/mol. The molecule has 0 N–H and O–H groups in total. The molecule has 1 aliphatic rings. The molecule has 80 valence electrons. The van der Waals surface area contributed by atoms with Crippen molar-refractivity contribution in [1.29, 1.82) is 0 Å². The zero-order valence-electron chi connectivity index (χ0n) is 7.93. The molecule has 0 fully saturated rings. The first-order valence-electron chi connectivity index (χ1n) is 4.38. The van der Waals surface area contributed by atoms with Crippen molar-refractivity contribution in [3.8, 4) is 0 Å². The van der Waals surface area contributed by atoms with Gasteiger partial charge < -0.3 is 4.90 Å². The van der Waals surface area contributed by atoms with Crippen molar-refractivity contribution < 1.29 is 13.6 Å². The molecule has 0 radical (unpaired) electrons. The van der Waals surface area contributed by atoms with E-state index >= 15 is 0 Å². The maximum absolute atomic E-state index is 13.5. The molecule has 0 saturated heterocycles. The van der Waals surface area contributed by atoms with Crippen LogP contribution in [0.25, 0.3) is 0 Å². The van der Waals surface area contributed by atoms with Gasteiger partial charge in [-0.15, -0.1) is 0 Å². The molecule has 0 bridgehead atoms. The van der Waals surface area contributed by atoms with Crippen LogP contribution < -0.4 is 4.90 Å². The smallest absolute Gasteiger partial charge is 0.292 e. The van der Waals surface area contributed by atoms with E-state index in [1.807, 2.05) is 0 Å². The Morgan fingerprint density at radius 2 is 2.20 bits per heavy atom. The Labute approximate surface area is 94.0 Å². The number of rotatable bonds is 0. The number of carbonyl (C=O) groups is 1. The van der Waals surface area contributed by atoms with Crippen LogP contribution in [0.15, 0.2) is 22.7 Å². The van der Waals surface area contributed by atoms with Gasteiger partial charge in [-0.05, 0) is 18.2 Å². The quantitative estimate of drug-likeness (QED) is 0.713. The summed E-state index contributed by atoms with van der Waals surface area (Å²) in [6.45, 7) is 0.724. The van der Waals surface area contributed by atoms with Crippen molar-refractivity contribution >= 4 is 27.5 Å². The van der Waals surface area contributed by atoms with Crippen molar-refractivity contribution in [2.45, 2.75) is 12.8 Å². The molecule has 2 nitrogen and oxygen atoms in total. The highest BCUT2D eigenvalue weighted by Gasteiger charge is 2.45. The topological polar surface area (TPSA) is 20.3 Å². The molecule has 0 unspecified atom stereocenters. The standard InChI is InChI=1S/C10H8BrF2NO/c1-6(15)14-5-10(12,13)8-4-7(11)2-3-9(8)14/h2-4H,5H2,1H3. The Morgan fingerprint density at radius 3 is 2.80 bits per heavy atom. The fourth-order valence-electron chi connectivity index (χ4n) is 1.69. The normalized spacial score (nSPS) is 17.7. The molecule has 1 aliphatic heterocycles. The van der Waals surface area contributed by atoms with E-state index in [-0.39, 0.29) is 11.5 Å². The van der Waals surface area contributed by atoms with E-state index in [0.717, 1.165) is 4.90 Å². The van der Waals surface area contributed by atoms with Crippen LogP contribution in [-0.4, -0.2) is 12.5 Å². The van der Waals surface area contributed by atoms with Gasteiger partial charge in [0.2, 0.25) is 5.91 Å². The minimum absolute atomic E-state index is 0.0907. The van der Waals surface area contributed by atoms with Gasteiger partial charge in [0.25, 0.3) is 5.92 Å². The third kappa shape index (κ3) is 1.65. The van der Waals surface area contributed by atoms with Crippen molar-refractivity contribution in [3.05, 3.63) is 28.2 Å². The Hall–Kier alpha value is -0.970. The number of hydrogen-bond acceptors (Lipinski definition) is 1. The number of nitrogens with zero attached hydrogens (tertiary/aromatic N) is 1. The fraction of sp³-hybridized carbons (Fsp3) is 0.300. The average Bonchev–Trinajstić information content (AvgIpc) is 2.39. The summed E-state index contributed by atoms with van der Waals surface area (Å²) in [5.74, 6) is -3.32. The van der Waals surface area contributed by atoms with E-state index < -0.39 is 12.5 Å². The Balaban J connectivity index is 2.58. The van der Waals surface area contributed by atoms with E-state index in [9.17, 15) is 13.6 Å². The summed E-state index contributed by atoms with van der Waals surface area (Å²) in [6.07, 6.45) is 0. The molecule has 1 heterocycles. The molecule has 0 atom stereocenters. The zero-order chi connectivity index (χ0) is 11.2. The molecule has 0 aromatic heterocycles. The lowest BCUT2D eigenvalue weighted by atomic mass is 10.1. The number of fused-ring (bicyclic) bond motifs is 1. The number of halogens is 3. The molecule has 1 amide bonds. The van der Waals surface area contributed by atoms with Crippen LogP contribution >= 0.6 is 15.9 Å². The van der Waals surface area contributed by atoms with Gasteiger partial charge >= 0.3 is 0 Å². The Morgan fingerprint density at radius 1 is 1.53 bits per heavy atom. The maximum Gasteiger partial charge on any atom is 0.292 e. The van der Waals surface area contributed by atoms with Gasteiger partial charge in [-0.3, -0.25) is 4.79 Å². The minimum Gasteiger partial charge on any atom is -0.306 e. The minimum atomic E-state index is -2.95. The highest BCUT2D eigenvalue weighted by atomic mass is 79.9. The summed E-state index contributed by atoms with van der Waals surface area (Å²) in [4.78, 5) is 12.3. The van der Waals surface area contributed by atoms with Crippen molar-refractivity contribution in [1.82, 2.24) is 0 Å². The second-order valence-electron chi connectivity index (χ2n) is 3.47. The zero-order valence-corrected chi connectivity index (χ0v) is 9.51. The van der Waals surface area contributed by atoms with Crippen LogP contribution in [0.4, 0.5) is 14.5 Å². The Kier molecular flexibility index (Phi) is 2.30. The van der Waals surface area contributed by atoms with Gasteiger partial charge in [0, 0.05) is 17.0 Å². The number of carbonyl (C=O) groups excluding carboxylic acids is 1. The lowest BCUT2D eigenvalue weighted by Gasteiger charge is -2.14. The molecule has 2 rings (SSSR count). The summed E-state index contributed by atoms with van der Waals surface area (Å²) >= 11 is 3.14. The first-order valence-corrected chi connectivity index (χ1v) is 5.17. The third-order valence-electron chi connectivity index (χ3n) is 2.38. The first kappa shape index (κ1) is 10.5. The highest BCUT2D eigenvalue weighted by molar-refractivity contribution is 9.10. The van der Waals surface area contributed by atoms with Crippen molar-refractivity contribution in [2.24, 2.45) is 0 Å². The molecule has 0 aliphatic carbocycles. The lowest BCUT2D eigenvalue weighted by Crippen LogP contribution is -2.30. The number of benzene rings is 1.